The van der Waals surface area contributed by atoms with Crippen LogP contribution in [-0.4, -0.2) is 6.54 Å². The molecule has 2 aromatic rings. The molecule has 104 valence electrons. The summed E-state index contributed by atoms with van der Waals surface area (Å²) in [5.74, 6) is 0.783. The fourth-order valence-corrected chi connectivity index (χ4v) is 3.64. The van der Waals surface area contributed by atoms with Crippen LogP contribution in [0.2, 0.25) is 0 Å². The fourth-order valence-electron chi connectivity index (χ4n) is 2.81. The van der Waals surface area contributed by atoms with E-state index in [4.69, 9.17) is 0 Å². The van der Waals surface area contributed by atoms with Gasteiger partial charge in [-0.3, -0.25) is 0 Å². The van der Waals surface area contributed by atoms with E-state index in [1.807, 2.05) is 11.3 Å². The molecule has 1 N–H and O–H groups in total. The molecule has 2 unspecified atom stereocenters. The summed E-state index contributed by atoms with van der Waals surface area (Å²) in [6, 6.07) is 15.5. The molecule has 2 atom stereocenters. The average Bonchev–Trinajstić information content (AvgIpc) is 3.04. The summed E-state index contributed by atoms with van der Waals surface area (Å²) in [6.07, 6.45) is 8.42. The van der Waals surface area contributed by atoms with Crippen molar-refractivity contribution in [3.8, 4) is 0 Å². The molecule has 0 aliphatic heterocycles. The molecule has 0 bridgehead atoms. The van der Waals surface area contributed by atoms with Gasteiger partial charge >= 0.3 is 0 Å². The van der Waals surface area contributed by atoms with E-state index in [0.717, 1.165) is 12.5 Å². The first-order valence-electron chi connectivity index (χ1n) is 7.40. The Kier molecular flexibility index (Phi) is 4.67. The van der Waals surface area contributed by atoms with Crippen molar-refractivity contribution in [1.29, 1.82) is 0 Å². The molecule has 2 heteroatoms. The van der Waals surface area contributed by atoms with Gasteiger partial charge in [-0.25, -0.2) is 0 Å². The highest BCUT2D eigenvalue weighted by Crippen LogP contribution is 2.27. The Hall–Kier alpha value is -1.38. The van der Waals surface area contributed by atoms with Crippen LogP contribution in [0.15, 0.2) is 60.0 Å². The predicted octanol–water partition coefficient (Wildman–Crippen LogP) is 4.78. The predicted molar refractivity (Wildman–Crippen MR) is 87.1 cm³/mol. The minimum Gasteiger partial charge on any atom is -0.305 e. The molecule has 1 aliphatic carbocycles. The van der Waals surface area contributed by atoms with Gasteiger partial charge in [-0.05, 0) is 48.7 Å². The smallest absolute Gasteiger partial charge is 0.0671 e. The molecule has 1 aromatic heterocycles. The Labute approximate surface area is 125 Å². The molecular formula is C18H21NS. The van der Waals surface area contributed by atoms with Crippen molar-refractivity contribution in [3.05, 3.63) is 70.4 Å². The molecule has 0 saturated carbocycles. The van der Waals surface area contributed by atoms with E-state index in [0.29, 0.717) is 6.04 Å². The van der Waals surface area contributed by atoms with Gasteiger partial charge in [0.2, 0.25) is 0 Å². The van der Waals surface area contributed by atoms with Crippen LogP contribution >= 0.6 is 11.3 Å². The quantitative estimate of drug-likeness (QED) is 0.778. The first-order chi connectivity index (χ1) is 9.93. The topological polar surface area (TPSA) is 12.0 Å². The molecule has 0 fully saturated rings. The van der Waals surface area contributed by atoms with Crippen LogP contribution in [0, 0.1) is 5.92 Å². The first kappa shape index (κ1) is 13.6. The number of thiophene rings is 1. The summed E-state index contributed by atoms with van der Waals surface area (Å²) >= 11 is 1.84. The maximum absolute atomic E-state index is 3.78. The van der Waals surface area contributed by atoms with Crippen molar-refractivity contribution in [2.45, 2.75) is 25.3 Å². The van der Waals surface area contributed by atoms with E-state index in [-0.39, 0.29) is 0 Å². The van der Waals surface area contributed by atoms with E-state index in [1.54, 1.807) is 0 Å². The Bertz CT molecular complexity index is 530. The van der Waals surface area contributed by atoms with E-state index in [9.17, 15) is 0 Å². The van der Waals surface area contributed by atoms with Gasteiger partial charge in [0, 0.05) is 4.88 Å². The summed E-state index contributed by atoms with van der Waals surface area (Å²) in [5, 5.41) is 5.95. The third-order valence-corrected chi connectivity index (χ3v) is 4.89. The summed E-state index contributed by atoms with van der Waals surface area (Å²) in [7, 11) is 0. The second-order valence-corrected chi connectivity index (χ2v) is 6.40. The lowest BCUT2D eigenvalue weighted by Crippen LogP contribution is -2.28. The SMILES string of the molecule is C1=CCC(CNC(c2ccccc2)c2cccs2)CC1. The van der Waals surface area contributed by atoms with Crippen LogP contribution in [0.5, 0.6) is 0 Å². The maximum atomic E-state index is 3.78. The van der Waals surface area contributed by atoms with Crippen molar-refractivity contribution in [2.75, 3.05) is 6.54 Å². The minimum atomic E-state index is 0.335. The van der Waals surface area contributed by atoms with Crippen molar-refractivity contribution in [1.82, 2.24) is 5.32 Å². The van der Waals surface area contributed by atoms with Crippen molar-refractivity contribution < 1.29 is 0 Å². The number of nitrogens with one attached hydrogen (secondary N) is 1. The Morgan fingerprint density at radius 1 is 1.10 bits per heavy atom. The van der Waals surface area contributed by atoms with Crippen LogP contribution in [-0.2, 0) is 0 Å². The van der Waals surface area contributed by atoms with Crippen LogP contribution in [0.4, 0.5) is 0 Å². The summed E-state index contributed by atoms with van der Waals surface area (Å²) in [6.45, 7) is 1.10. The van der Waals surface area contributed by atoms with Gasteiger partial charge in [0.05, 0.1) is 6.04 Å². The maximum Gasteiger partial charge on any atom is 0.0671 e. The zero-order valence-electron chi connectivity index (χ0n) is 11.7. The summed E-state index contributed by atoms with van der Waals surface area (Å²) < 4.78 is 0. The molecule has 1 aromatic carbocycles. The average molecular weight is 283 g/mol. The van der Waals surface area contributed by atoms with E-state index in [1.165, 1.54) is 29.7 Å². The largest absolute Gasteiger partial charge is 0.305 e. The molecular weight excluding hydrogens is 262 g/mol. The van der Waals surface area contributed by atoms with Gasteiger partial charge < -0.3 is 5.32 Å². The lowest BCUT2D eigenvalue weighted by molar-refractivity contribution is 0.425. The summed E-state index contributed by atoms with van der Waals surface area (Å²) in [5.41, 5.74) is 1.36. The number of hydrogen-bond donors (Lipinski definition) is 1. The Morgan fingerprint density at radius 3 is 2.70 bits per heavy atom. The fraction of sp³-hybridized carbons (Fsp3) is 0.333. The standard InChI is InChI=1S/C18H21NS/c1-3-8-15(9-4-1)14-19-18(17-12-7-13-20-17)16-10-5-2-6-11-16/h1-3,5-7,10-13,15,18-19H,4,8-9,14H2. The third-order valence-electron chi connectivity index (χ3n) is 3.95. The van der Waals surface area contributed by atoms with Gasteiger partial charge in [-0.15, -0.1) is 11.3 Å². The zero-order valence-corrected chi connectivity index (χ0v) is 12.5. The Morgan fingerprint density at radius 2 is 2.00 bits per heavy atom. The van der Waals surface area contributed by atoms with Crippen LogP contribution in [0.1, 0.15) is 35.7 Å². The normalized spacial score (nSPS) is 19.9. The lowest BCUT2D eigenvalue weighted by atomic mass is 9.93. The van der Waals surface area contributed by atoms with Crippen molar-refractivity contribution >= 4 is 11.3 Å². The minimum absolute atomic E-state index is 0.335. The number of rotatable bonds is 5. The third kappa shape index (κ3) is 3.38. The first-order valence-corrected chi connectivity index (χ1v) is 8.28. The highest BCUT2D eigenvalue weighted by Gasteiger charge is 2.17. The monoisotopic (exact) mass is 283 g/mol. The molecule has 20 heavy (non-hydrogen) atoms. The number of allylic oxidation sites excluding steroid dienone is 2. The molecule has 0 radical (unpaired) electrons. The zero-order chi connectivity index (χ0) is 13.6. The molecule has 1 heterocycles. The van der Waals surface area contributed by atoms with Crippen LogP contribution in [0.25, 0.3) is 0 Å². The molecule has 0 saturated heterocycles. The molecule has 3 rings (SSSR count). The number of benzene rings is 1. The lowest BCUT2D eigenvalue weighted by Gasteiger charge is -2.23. The van der Waals surface area contributed by atoms with E-state index in [2.05, 4.69) is 65.3 Å². The van der Waals surface area contributed by atoms with Crippen LogP contribution in [0.3, 0.4) is 0 Å². The van der Waals surface area contributed by atoms with E-state index < -0.39 is 0 Å². The van der Waals surface area contributed by atoms with E-state index >= 15 is 0 Å². The second-order valence-electron chi connectivity index (χ2n) is 5.42. The van der Waals surface area contributed by atoms with Gasteiger partial charge in [0.15, 0.2) is 0 Å². The van der Waals surface area contributed by atoms with Gasteiger partial charge in [-0.1, -0.05) is 48.6 Å². The van der Waals surface area contributed by atoms with Crippen molar-refractivity contribution in [2.24, 2.45) is 5.92 Å². The molecule has 0 spiro atoms. The number of hydrogen-bond acceptors (Lipinski definition) is 2. The highest BCUT2D eigenvalue weighted by atomic mass is 32.1. The molecule has 1 aliphatic rings. The summed E-state index contributed by atoms with van der Waals surface area (Å²) in [4.78, 5) is 1.41. The Balaban J connectivity index is 1.71. The second kappa shape index (κ2) is 6.87. The van der Waals surface area contributed by atoms with Gasteiger partial charge in [0.25, 0.3) is 0 Å². The van der Waals surface area contributed by atoms with Gasteiger partial charge in [0.1, 0.15) is 0 Å². The highest BCUT2D eigenvalue weighted by molar-refractivity contribution is 7.10. The molecule has 0 amide bonds. The van der Waals surface area contributed by atoms with Crippen LogP contribution < -0.4 is 5.32 Å². The van der Waals surface area contributed by atoms with Gasteiger partial charge in [-0.2, -0.15) is 0 Å². The van der Waals surface area contributed by atoms with Crippen molar-refractivity contribution in [3.63, 3.8) is 0 Å². The molecule has 1 nitrogen and oxygen atoms in total.